The molecular formula is C16H12F3N3S. The van der Waals surface area contributed by atoms with Crippen molar-refractivity contribution in [2.45, 2.75) is 13.1 Å². The third-order valence-electron chi connectivity index (χ3n) is 3.20. The summed E-state index contributed by atoms with van der Waals surface area (Å²) >= 11 is 1.44. The molecule has 7 heteroatoms. The topological polar surface area (TPSA) is 37.8 Å². The van der Waals surface area contributed by atoms with E-state index in [0.29, 0.717) is 10.8 Å². The summed E-state index contributed by atoms with van der Waals surface area (Å²) in [5, 5.41) is 3.66. The number of aromatic nitrogens is 2. The van der Waals surface area contributed by atoms with Gasteiger partial charge in [-0.15, -0.1) is 11.3 Å². The van der Waals surface area contributed by atoms with Gasteiger partial charge in [-0.05, 0) is 43.3 Å². The van der Waals surface area contributed by atoms with E-state index in [1.807, 2.05) is 19.1 Å². The third kappa shape index (κ3) is 3.50. The van der Waals surface area contributed by atoms with E-state index < -0.39 is 11.7 Å². The number of halogens is 3. The minimum atomic E-state index is -4.33. The molecule has 1 aromatic carbocycles. The van der Waals surface area contributed by atoms with Crippen LogP contribution in [0.15, 0.2) is 48.8 Å². The maximum Gasteiger partial charge on any atom is 0.416 e. The molecule has 118 valence electrons. The molecule has 0 aliphatic rings. The SMILES string of the molecule is Cc1sc(Nc2ccc(C(F)(F)F)cc2)nc1-c1cccnc1. The molecule has 0 amide bonds. The highest BCUT2D eigenvalue weighted by Crippen LogP contribution is 2.33. The van der Waals surface area contributed by atoms with Crippen LogP contribution in [0.4, 0.5) is 24.0 Å². The lowest BCUT2D eigenvalue weighted by molar-refractivity contribution is -0.137. The van der Waals surface area contributed by atoms with Gasteiger partial charge in [0, 0.05) is 28.5 Å². The first-order chi connectivity index (χ1) is 10.9. The average Bonchev–Trinajstić information content (AvgIpc) is 2.88. The summed E-state index contributed by atoms with van der Waals surface area (Å²) in [4.78, 5) is 9.56. The van der Waals surface area contributed by atoms with Gasteiger partial charge in [0.2, 0.25) is 0 Å². The molecule has 3 rings (SSSR count). The third-order valence-corrected chi connectivity index (χ3v) is 4.08. The summed E-state index contributed by atoms with van der Waals surface area (Å²) in [6, 6.07) is 8.62. The molecule has 0 aliphatic heterocycles. The van der Waals surface area contributed by atoms with Crippen LogP contribution in [0.5, 0.6) is 0 Å². The normalized spacial score (nSPS) is 11.5. The molecule has 0 fully saturated rings. The predicted octanol–water partition coefficient (Wildman–Crippen LogP) is 5.28. The van der Waals surface area contributed by atoms with E-state index in [4.69, 9.17) is 0 Å². The molecule has 0 saturated carbocycles. The monoisotopic (exact) mass is 335 g/mol. The zero-order valence-corrected chi connectivity index (χ0v) is 12.9. The minimum Gasteiger partial charge on any atom is -0.332 e. The molecule has 0 spiro atoms. The van der Waals surface area contributed by atoms with E-state index in [1.165, 1.54) is 23.5 Å². The second-order valence-electron chi connectivity index (χ2n) is 4.87. The Kier molecular flexibility index (Phi) is 4.04. The van der Waals surface area contributed by atoms with E-state index >= 15 is 0 Å². The lowest BCUT2D eigenvalue weighted by Crippen LogP contribution is -2.04. The second-order valence-corrected chi connectivity index (χ2v) is 6.07. The summed E-state index contributed by atoms with van der Waals surface area (Å²) in [5.74, 6) is 0. The number of pyridine rings is 1. The Morgan fingerprint density at radius 1 is 1.09 bits per heavy atom. The summed E-state index contributed by atoms with van der Waals surface area (Å²) in [7, 11) is 0. The van der Waals surface area contributed by atoms with Crippen LogP contribution in [-0.4, -0.2) is 9.97 Å². The van der Waals surface area contributed by atoms with E-state index in [2.05, 4.69) is 15.3 Å². The largest absolute Gasteiger partial charge is 0.416 e. The average molecular weight is 335 g/mol. The summed E-state index contributed by atoms with van der Waals surface area (Å²) in [5.41, 5.74) is 1.61. The van der Waals surface area contributed by atoms with E-state index in [1.54, 1.807) is 12.4 Å². The fourth-order valence-corrected chi connectivity index (χ4v) is 2.94. The highest BCUT2D eigenvalue weighted by atomic mass is 32.1. The number of aryl methyl sites for hydroxylation is 1. The molecule has 0 unspecified atom stereocenters. The highest BCUT2D eigenvalue weighted by Gasteiger charge is 2.29. The lowest BCUT2D eigenvalue weighted by Gasteiger charge is -2.07. The number of alkyl halides is 3. The van der Waals surface area contributed by atoms with Crippen molar-refractivity contribution in [2.75, 3.05) is 5.32 Å². The van der Waals surface area contributed by atoms with Gasteiger partial charge in [0.15, 0.2) is 5.13 Å². The van der Waals surface area contributed by atoms with E-state index in [-0.39, 0.29) is 0 Å². The van der Waals surface area contributed by atoms with Crippen LogP contribution in [0.2, 0.25) is 0 Å². The molecular weight excluding hydrogens is 323 g/mol. The molecule has 3 nitrogen and oxygen atoms in total. The van der Waals surface area contributed by atoms with Crippen molar-refractivity contribution < 1.29 is 13.2 Å². The first-order valence-corrected chi connectivity index (χ1v) is 7.57. The van der Waals surface area contributed by atoms with Crippen LogP contribution in [0.3, 0.4) is 0 Å². The van der Waals surface area contributed by atoms with Gasteiger partial charge in [0.05, 0.1) is 11.3 Å². The number of anilines is 2. The Balaban J connectivity index is 1.82. The van der Waals surface area contributed by atoms with Gasteiger partial charge in [0.25, 0.3) is 0 Å². The molecule has 2 aromatic heterocycles. The zero-order valence-electron chi connectivity index (χ0n) is 12.1. The van der Waals surface area contributed by atoms with Gasteiger partial charge in [-0.25, -0.2) is 4.98 Å². The fourth-order valence-electron chi connectivity index (χ4n) is 2.09. The Labute approximate surface area is 134 Å². The van der Waals surface area contributed by atoms with E-state index in [9.17, 15) is 13.2 Å². The maximum atomic E-state index is 12.6. The van der Waals surface area contributed by atoms with Crippen LogP contribution >= 0.6 is 11.3 Å². The number of nitrogens with one attached hydrogen (secondary N) is 1. The minimum absolute atomic E-state index is 0.560. The van der Waals surface area contributed by atoms with Gasteiger partial charge in [-0.1, -0.05) is 0 Å². The van der Waals surface area contributed by atoms with Crippen molar-refractivity contribution in [3.8, 4) is 11.3 Å². The summed E-state index contributed by atoms with van der Waals surface area (Å²) in [6.07, 6.45) is -0.916. The van der Waals surface area contributed by atoms with Gasteiger partial charge in [0.1, 0.15) is 0 Å². The van der Waals surface area contributed by atoms with Crippen molar-refractivity contribution in [1.82, 2.24) is 9.97 Å². The Morgan fingerprint density at radius 3 is 2.43 bits per heavy atom. The highest BCUT2D eigenvalue weighted by molar-refractivity contribution is 7.16. The molecule has 2 heterocycles. The van der Waals surface area contributed by atoms with Crippen LogP contribution in [0.1, 0.15) is 10.4 Å². The predicted molar refractivity (Wildman–Crippen MR) is 84.8 cm³/mol. The Hall–Kier alpha value is -2.41. The number of thiazole rings is 1. The molecule has 0 aliphatic carbocycles. The van der Waals surface area contributed by atoms with Crippen LogP contribution < -0.4 is 5.32 Å². The number of hydrogen-bond donors (Lipinski definition) is 1. The quantitative estimate of drug-likeness (QED) is 0.708. The molecule has 0 bridgehead atoms. The maximum absolute atomic E-state index is 12.6. The van der Waals surface area contributed by atoms with Crippen molar-refractivity contribution in [3.63, 3.8) is 0 Å². The summed E-state index contributed by atoms with van der Waals surface area (Å²) < 4.78 is 37.7. The van der Waals surface area contributed by atoms with Crippen LogP contribution in [0, 0.1) is 6.92 Å². The molecule has 3 aromatic rings. The van der Waals surface area contributed by atoms with Crippen molar-refractivity contribution >= 4 is 22.2 Å². The van der Waals surface area contributed by atoms with Crippen LogP contribution in [-0.2, 0) is 6.18 Å². The Bertz CT molecular complexity index is 796. The van der Waals surface area contributed by atoms with Crippen molar-refractivity contribution in [3.05, 3.63) is 59.2 Å². The molecule has 0 saturated heterocycles. The van der Waals surface area contributed by atoms with E-state index in [0.717, 1.165) is 28.3 Å². The molecule has 0 atom stereocenters. The molecule has 23 heavy (non-hydrogen) atoms. The second kappa shape index (κ2) is 6.00. The van der Waals surface area contributed by atoms with Gasteiger partial charge < -0.3 is 5.32 Å². The van der Waals surface area contributed by atoms with Crippen molar-refractivity contribution in [1.29, 1.82) is 0 Å². The first kappa shape index (κ1) is 15.5. The molecule has 0 radical (unpaired) electrons. The van der Waals surface area contributed by atoms with Gasteiger partial charge in [-0.2, -0.15) is 13.2 Å². The van der Waals surface area contributed by atoms with Gasteiger partial charge >= 0.3 is 6.18 Å². The number of nitrogens with zero attached hydrogens (tertiary/aromatic N) is 2. The first-order valence-electron chi connectivity index (χ1n) is 6.75. The number of hydrogen-bond acceptors (Lipinski definition) is 4. The lowest BCUT2D eigenvalue weighted by atomic mass is 10.2. The zero-order chi connectivity index (χ0) is 16.4. The fraction of sp³-hybridized carbons (Fsp3) is 0.125. The molecule has 1 N–H and O–H groups in total. The number of benzene rings is 1. The smallest absolute Gasteiger partial charge is 0.332 e. The number of rotatable bonds is 3. The standard InChI is InChI=1S/C16H12F3N3S/c1-10-14(11-3-2-8-20-9-11)22-15(23-10)21-13-6-4-12(5-7-13)16(17,18)19/h2-9H,1H3,(H,21,22). The Morgan fingerprint density at radius 2 is 1.83 bits per heavy atom. The van der Waals surface area contributed by atoms with Gasteiger partial charge in [-0.3, -0.25) is 4.98 Å². The van der Waals surface area contributed by atoms with Crippen molar-refractivity contribution in [2.24, 2.45) is 0 Å². The van der Waals surface area contributed by atoms with Crippen LogP contribution in [0.25, 0.3) is 11.3 Å². The summed E-state index contributed by atoms with van der Waals surface area (Å²) in [6.45, 7) is 1.94.